The minimum absolute atomic E-state index is 0.112. The fraction of sp³-hybridized carbons (Fsp3) is 0.0625. The fourth-order valence-corrected chi connectivity index (χ4v) is 6.38. The van der Waals surface area contributed by atoms with E-state index in [-0.39, 0.29) is 38.2 Å². The van der Waals surface area contributed by atoms with Crippen LogP contribution in [0.25, 0.3) is 49.7 Å². The van der Waals surface area contributed by atoms with Gasteiger partial charge >= 0.3 is 0 Å². The van der Waals surface area contributed by atoms with Crippen molar-refractivity contribution in [2.75, 3.05) is 4.90 Å². The van der Waals surface area contributed by atoms with Gasteiger partial charge in [-0.05, 0) is 52.3 Å². The highest BCUT2D eigenvalue weighted by molar-refractivity contribution is 6.72. The zero-order valence-electron chi connectivity index (χ0n) is 23.6. The summed E-state index contributed by atoms with van der Waals surface area (Å²) in [6.07, 6.45) is 6.08. The van der Waals surface area contributed by atoms with Crippen LogP contribution in [0, 0.1) is 0 Å². The molecule has 0 fully saturated rings. The Bertz CT molecular complexity index is 2380. The van der Waals surface area contributed by atoms with Gasteiger partial charge in [-0.3, -0.25) is 0 Å². The summed E-state index contributed by atoms with van der Waals surface area (Å²) in [6, 6.07) is 16.2. The Morgan fingerprint density at radius 1 is 0.614 bits per heavy atom. The Hall–Kier alpha value is -4.45. The quantitative estimate of drug-likeness (QED) is 0.301. The number of aromatic nitrogens is 4. The molecule has 0 saturated heterocycles. The van der Waals surface area contributed by atoms with E-state index in [9.17, 15) is 0 Å². The van der Waals surface area contributed by atoms with Gasteiger partial charge in [0.1, 0.15) is 54.9 Å². The van der Waals surface area contributed by atoms with E-state index in [2.05, 4.69) is 28.2 Å². The first-order valence-electron chi connectivity index (χ1n) is 14.1. The smallest absolute Gasteiger partial charge is 0.215 e. The molecule has 5 nitrogen and oxygen atoms in total. The Morgan fingerprint density at radius 3 is 1.98 bits per heavy atom. The van der Waals surface area contributed by atoms with E-state index < -0.39 is 0 Å². The molecule has 7 aromatic rings. The molecule has 44 heavy (non-hydrogen) atoms. The molecule has 1 aliphatic rings. The summed E-state index contributed by atoms with van der Waals surface area (Å²) in [4.78, 5) is 18.9. The summed E-state index contributed by atoms with van der Waals surface area (Å²) >= 11 is 0. The molecule has 5 aromatic carbocycles. The molecule has 0 bridgehead atoms. The summed E-state index contributed by atoms with van der Waals surface area (Å²) in [5.41, 5.74) is 6.87. The number of H-pyrrole nitrogens is 2. The Morgan fingerprint density at radius 2 is 1.23 bits per heavy atom. The highest BCUT2D eigenvalue weighted by Crippen LogP contribution is 2.37. The van der Waals surface area contributed by atoms with Gasteiger partial charge in [0.2, 0.25) is 11.9 Å². The molecule has 1 aliphatic carbocycles. The third kappa shape index (κ3) is 3.76. The number of nitrogens with one attached hydrogen (secondary N) is 2. The van der Waals surface area contributed by atoms with Crippen LogP contribution >= 0.6 is 0 Å². The first-order chi connectivity index (χ1) is 21.2. The summed E-state index contributed by atoms with van der Waals surface area (Å²) in [6.45, 7) is 0. The number of hydrogen-bond acceptors (Lipinski definition) is 3. The van der Waals surface area contributed by atoms with Gasteiger partial charge in [-0.2, -0.15) is 0 Å². The maximum atomic E-state index is 6.81. The third-order valence-corrected chi connectivity index (χ3v) is 8.65. The van der Waals surface area contributed by atoms with E-state index in [4.69, 9.17) is 64.9 Å². The molecule has 0 atom stereocenters. The van der Waals surface area contributed by atoms with Crippen molar-refractivity contribution in [1.29, 1.82) is 0 Å². The molecule has 0 amide bonds. The Labute approximate surface area is 263 Å². The van der Waals surface area contributed by atoms with Crippen molar-refractivity contribution in [3.8, 4) is 0 Å². The van der Waals surface area contributed by atoms with E-state index in [0.717, 1.165) is 56.8 Å². The number of imidazole rings is 2. The Kier molecular flexibility index (Phi) is 6.03. The molecule has 2 aromatic heterocycles. The number of hydrogen-bond donors (Lipinski definition) is 2. The number of anilines is 3. The number of aromatic amines is 2. The molecule has 8 rings (SSSR count). The zero-order chi connectivity index (χ0) is 30.4. The minimum atomic E-state index is 0.112. The maximum Gasteiger partial charge on any atom is 0.215 e. The molecule has 0 unspecified atom stereocenters. The maximum absolute atomic E-state index is 6.81. The molecule has 12 heteroatoms. The number of aryl methyl sites for hydroxylation is 1. The largest absolute Gasteiger partial charge is 0.323 e. The molecular formula is C32H16B7N5. The third-order valence-electron chi connectivity index (χ3n) is 8.65. The van der Waals surface area contributed by atoms with Crippen LogP contribution in [0.4, 0.5) is 17.6 Å². The topological polar surface area (TPSA) is 60.6 Å². The van der Waals surface area contributed by atoms with Crippen molar-refractivity contribution in [1.82, 2.24) is 19.9 Å². The van der Waals surface area contributed by atoms with E-state index in [0.29, 0.717) is 28.4 Å². The molecular weight excluding hydrogens is 530 g/mol. The van der Waals surface area contributed by atoms with E-state index in [1.165, 1.54) is 0 Å². The second kappa shape index (κ2) is 9.78. The summed E-state index contributed by atoms with van der Waals surface area (Å²) in [5, 5.41) is 2.76. The zero-order valence-corrected chi connectivity index (χ0v) is 23.6. The van der Waals surface area contributed by atoms with Crippen LogP contribution in [0.2, 0.25) is 0 Å². The number of nitrogens with zero attached hydrogens (tertiary/aromatic N) is 3. The van der Waals surface area contributed by atoms with Crippen LogP contribution in [0.15, 0.2) is 54.6 Å². The van der Waals surface area contributed by atoms with Gasteiger partial charge < -0.3 is 9.97 Å². The van der Waals surface area contributed by atoms with Gasteiger partial charge in [-0.25, -0.2) is 14.9 Å². The van der Waals surface area contributed by atoms with Crippen molar-refractivity contribution < 1.29 is 0 Å². The number of fused-ring (bicyclic) bond motifs is 7. The summed E-state index contributed by atoms with van der Waals surface area (Å²) in [7, 11) is 45.7. The van der Waals surface area contributed by atoms with E-state index >= 15 is 0 Å². The van der Waals surface area contributed by atoms with Gasteiger partial charge in [0.15, 0.2) is 0 Å². The monoisotopic (exact) mass is 547 g/mol. The predicted molar refractivity (Wildman–Crippen MR) is 191 cm³/mol. The fourth-order valence-electron chi connectivity index (χ4n) is 6.38. The molecule has 190 valence electrons. The number of allylic oxidation sites excluding steroid dienone is 1. The highest BCUT2D eigenvalue weighted by atomic mass is 15.3. The van der Waals surface area contributed by atoms with Crippen molar-refractivity contribution in [2.45, 2.75) is 12.8 Å². The number of rotatable bonds is 3. The van der Waals surface area contributed by atoms with E-state index in [1.807, 2.05) is 42.5 Å². The van der Waals surface area contributed by atoms with Gasteiger partial charge in [0.25, 0.3) is 0 Å². The molecule has 0 aliphatic heterocycles. The average molecular weight is 546 g/mol. The van der Waals surface area contributed by atoms with Crippen molar-refractivity contribution in [3.05, 3.63) is 65.7 Å². The summed E-state index contributed by atoms with van der Waals surface area (Å²) in [5.74, 6) is 0.839. The lowest BCUT2D eigenvalue weighted by Gasteiger charge is -2.30. The van der Waals surface area contributed by atoms with Gasteiger partial charge in [-0.15, -0.1) is 16.4 Å². The molecule has 14 radical (unpaired) electrons. The summed E-state index contributed by atoms with van der Waals surface area (Å²) < 4.78 is 0. The average Bonchev–Trinajstić information content (AvgIpc) is 3.68. The molecule has 0 saturated carbocycles. The lowest BCUT2D eigenvalue weighted by atomic mass is 9.60. The lowest BCUT2D eigenvalue weighted by Crippen LogP contribution is -2.53. The van der Waals surface area contributed by atoms with Crippen molar-refractivity contribution >= 4 is 160 Å². The normalized spacial score (nSPS) is 12.9. The van der Waals surface area contributed by atoms with E-state index in [1.54, 1.807) is 4.90 Å². The van der Waals surface area contributed by atoms with Crippen LogP contribution in [0.3, 0.4) is 0 Å². The van der Waals surface area contributed by atoms with Crippen molar-refractivity contribution in [2.24, 2.45) is 0 Å². The van der Waals surface area contributed by atoms with Crippen LogP contribution < -0.4 is 43.1 Å². The van der Waals surface area contributed by atoms with Gasteiger partial charge in [0.05, 0.1) is 27.8 Å². The number of benzene rings is 5. The van der Waals surface area contributed by atoms with Crippen LogP contribution in [0.1, 0.15) is 17.5 Å². The van der Waals surface area contributed by atoms with Gasteiger partial charge in [-0.1, -0.05) is 70.4 Å². The van der Waals surface area contributed by atoms with Crippen LogP contribution in [-0.2, 0) is 6.42 Å². The molecule has 0 spiro atoms. The predicted octanol–water partition coefficient (Wildman–Crippen LogP) is -0.269. The first-order valence-corrected chi connectivity index (χ1v) is 14.1. The lowest BCUT2D eigenvalue weighted by molar-refractivity contribution is 0.992. The standard InChI is InChI=1S/C32H16B7N5/c33-21-19-20(23(35)25(37)24(21)36)30(27(39)26(38)22(19)34)44(31-40-17-11-9-13-5-1-3-7-15(13)28(17)42-31)32-41-18-12-10-14-6-2-4-8-16(14)29(18)43-32/h1-3,5-7,9-12H,4,8H2,(H,40,42)(H,41,43). The second-order valence-electron chi connectivity index (χ2n) is 11.1. The first kappa shape index (κ1) is 27.1. The van der Waals surface area contributed by atoms with Crippen LogP contribution in [0.5, 0.6) is 0 Å². The minimum Gasteiger partial charge on any atom is -0.323 e. The Balaban J connectivity index is 1.51. The SMILES string of the molecule is [B]c1c([B])c([B])c2c(N(c3nc4c5c(ccc4[nH]3)C=CCC5)c3nc4c(ccc5ccccc54)[nH]3)c([B])c([B])c([B])c2c1[B]. The molecule has 2 N–H and O–H groups in total. The van der Waals surface area contributed by atoms with Gasteiger partial charge in [0, 0.05) is 5.39 Å². The van der Waals surface area contributed by atoms with Crippen LogP contribution in [-0.4, -0.2) is 74.9 Å². The molecule has 2 heterocycles. The van der Waals surface area contributed by atoms with Crippen molar-refractivity contribution in [3.63, 3.8) is 0 Å². The second-order valence-corrected chi connectivity index (χ2v) is 11.1. The highest BCUT2D eigenvalue weighted by Gasteiger charge is 2.28.